The fourth-order valence-corrected chi connectivity index (χ4v) is 4.57. The van der Waals surface area contributed by atoms with Gasteiger partial charge in [0.2, 0.25) is 11.8 Å². The molecule has 6 heteroatoms. The number of hydrogen-bond acceptors (Lipinski definition) is 4. The number of anilines is 1. The van der Waals surface area contributed by atoms with E-state index >= 15 is 0 Å². The van der Waals surface area contributed by atoms with Crippen LogP contribution in [-0.4, -0.2) is 36.5 Å². The smallest absolute Gasteiger partial charge is 0.251 e. The Labute approximate surface area is 151 Å². The van der Waals surface area contributed by atoms with E-state index in [1.165, 1.54) is 6.42 Å². The first-order valence-electron chi connectivity index (χ1n) is 9.58. The molecule has 1 aromatic carbocycles. The molecule has 6 nitrogen and oxygen atoms in total. The average molecular weight is 353 g/mol. The van der Waals surface area contributed by atoms with Crippen LogP contribution < -0.4 is 15.5 Å². The third-order valence-electron chi connectivity index (χ3n) is 5.98. The van der Waals surface area contributed by atoms with Crippen LogP contribution in [0.4, 0.5) is 5.88 Å². The summed E-state index contributed by atoms with van der Waals surface area (Å²) in [5, 5.41) is 7.61. The molecule has 0 spiro atoms. The number of carbonyl (C=O) groups is 2. The van der Waals surface area contributed by atoms with E-state index < -0.39 is 0 Å². The number of hydrogen-bond donors (Lipinski definition) is 2. The molecule has 2 aromatic rings. The van der Waals surface area contributed by atoms with Crippen molar-refractivity contribution in [1.29, 1.82) is 0 Å². The molecular weight excluding hydrogens is 330 g/mol. The monoisotopic (exact) mass is 353 g/mol. The van der Waals surface area contributed by atoms with Crippen molar-refractivity contribution in [2.45, 2.75) is 56.7 Å². The van der Waals surface area contributed by atoms with Gasteiger partial charge in [0.25, 0.3) is 5.91 Å². The maximum absolute atomic E-state index is 12.6. The summed E-state index contributed by atoms with van der Waals surface area (Å²) in [5.74, 6) is 0.634. The SMILES string of the molecule is O=C(N[C@@H]1C[C@H]2CC[C@@H]1N2)c1ccc2cc(N3CCCCC3=O)oc2c1. The Balaban J connectivity index is 1.36. The van der Waals surface area contributed by atoms with Crippen molar-refractivity contribution in [2.75, 3.05) is 11.4 Å². The maximum atomic E-state index is 12.6. The lowest BCUT2D eigenvalue weighted by atomic mass is 9.95. The second-order valence-electron chi connectivity index (χ2n) is 7.70. The first-order valence-corrected chi connectivity index (χ1v) is 9.58. The van der Waals surface area contributed by atoms with E-state index in [1.54, 1.807) is 11.0 Å². The lowest BCUT2D eigenvalue weighted by Crippen LogP contribution is -2.42. The number of carbonyl (C=O) groups excluding carboxylic acids is 2. The van der Waals surface area contributed by atoms with Crippen molar-refractivity contribution in [3.63, 3.8) is 0 Å². The Kier molecular flexibility index (Phi) is 3.74. The van der Waals surface area contributed by atoms with E-state index in [1.807, 2.05) is 18.2 Å². The van der Waals surface area contributed by atoms with Gasteiger partial charge in [-0.15, -0.1) is 0 Å². The summed E-state index contributed by atoms with van der Waals surface area (Å²) in [6.07, 6.45) is 5.88. The lowest BCUT2D eigenvalue weighted by molar-refractivity contribution is -0.119. The van der Waals surface area contributed by atoms with E-state index in [-0.39, 0.29) is 17.9 Å². The second-order valence-corrected chi connectivity index (χ2v) is 7.70. The molecule has 3 atom stereocenters. The van der Waals surface area contributed by atoms with Gasteiger partial charge in [-0.2, -0.15) is 0 Å². The minimum atomic E-state index is -0.0572. The van der Waals surface area contributed by atoms with E-state index in [4.69, 9.17) is 4.42 Å². The van der Waals surface area contributed by atoms with Crippen molar-refractivity contribution < 1.29 is 14.0 Å². The van der Waals surface area contributed by atoms with Crippen LogP contribution >= 0.6 is 0 Å². The lowest BCUT2D eigenvalue weighted by Gasteiger charge is -2.23. The molecular formula is C20H23N3O3. The molecule has 2 N–H and O–H groups in total. The van der Waals surface area contributed by atoms with Gasteiger partial charge in [-0.05, 0) is 44.2 Å². The summed E-state index contributed by atoms with van der Waals surface area (Å²) in [5.41, 5.74) is 1.25. The summed E-state index contributed by atoms with van der Waals surface area (Å²) < 4.78 is 5.90. The first kappa shape index (κ1) is 15.9. The van der Waals surface area contributed by atoms with Gasteiger partial charge in [-0.25, -0.2) is 0 Å². The minimum absolute atomic E-state index is 0.0572. The summed E-state index contributed by atoms with van der Waals surface area (Å²) in [7, 11) is 0. The summed E-state index contributed by atoms with van der Waals surface area (Å²) in [4.78, 5) is 26.4. The van der Waals surface area contributed by atoms with Crippen molar-refractivity contribution in [1.82, 2.24) is 10.6 Å². The number of piperidine rings is 1. The van der Waals surface area contributed by atoms with Gasteiger partial charge in [0, 0.05) is 48.1 Å². The predicted molar refractivity (Wildman–Crippen MR) is 98.2 cm³/mol. The van der Waals surface area contributed by atoms with E-state index in [0.717, 1.165) is 31.1 Å². The average Bonchev–Trinajstić information content (AvgIpc) is 3.36. The molecule has 3 aliphatic heterocycles. The Morgan fingerprint density at radius 3 is 2.92 bits per heavy atom. The van der Waals surface area contributed by atoms with Crippen LogP contribution in [0.25, 0.3) is 11.0 Å². The standard InChI is InChI=1S/C20H23N3O3/c24-18-3-1-2-8-23(18)19-10-12-4-5-13(9-17(12)26-19)20(25)22-16-11-14-6-7-15(16)21-14/h4-5,9-10,14-16,21H,1-3,6-8,11H2,(H,22,25)/t14-,15+,16-/m1/s1. The molecule has 0 aliphatic carbocycles. The van der Waals surface area contributed by atoms with Crippen molar-refractivity contribution in [2.24, 2.45) is 0 Å². The van der Waals surface area contributed by atoms with Crippen molar-refractivity contribution >= 4 is 28.7 Å². The Morgan fingerprint density at radius 2 is 2.15 bits per heavy atom. The third kappa shape index (κ3) is 2.69. The number of furan rings is 1. The van der Waals surface area contributed by atoms with Gasteiger partial charge in [0.1, 0.15) is 5.58 Å². The van der Waals surface area contributed by atoms with E-state index in [2.05, 4.69) is 10.6 Å². The zero-order chi connectivity index (χ0) is 17.7. The molecule has 0 radical (unpaired) electrons. The predicted octanol–water partition coefficient (Wildman–Crippen LogP) is 2.57. The molecule has 3 saturated heterocycles. The van der Waals surface area contributed by atoms with Gasteiger partial charge in [-0.1, -0.05) is 6.07 Å². The largest absolute Gasteiger partial charge is 0.440 e. The zero-order valence-electron chi connectivity index (χ0n) is 14.7. The molecule has 26 heavy (non-hydrogen) atoms. The van der Waals surface area contributed by atoms with Crippen LogP contribution in [0, 0.1) is 0 Å². The number of nitrogens with zero attached hydrogens (tertiary/aromatic N) is 1. The van der Waals surface area contributed by atoms with Gasteiger partial charge in [0.15, 0.2) is 0 Å². The highest BCUT2D eigenvalue weighted by Crippen LogP contribution is 2.30. The van der Waals surface area contributed by atoms with Gasteiger partial charge in [0.05, 0.1) is 0 Å². The van der Waals surface area contributed by atoms with Gasteiger partial charge >= 0.3 is 0 Å². The van der Waals surface area contributed by atoms with E-state index in [9.17, 15) is 9.59 Å². The molecule has 0 saturated carbocycles. The van der Waals surface area contributed by atoms with E-state index in [0.29, 0.717) is 42.1 Å². The Morgan fingerprint density at radius 1 is 1.23 bits per heavy atom. The molecule has 3 aliphatic rings. The molecule has 3 fully saturated rings. The van der Waals surface area contributed by atoms with Gasteiger partial charge in [-0.3, -0.25) is 14.5 Å². The minimum Gasteiger partial charge on any atom is -0.440 e. The molecule has 2 amide bonds. The highest BCUT2D eigenvalue weighted by atomic mass is 16.4. The molecule has 5 rings (SSSR count). The molecule has 1 aromatic heterocycles. The quantitative estimate of drug-likeness (QED) is 0.889. The molecule has 0 unspecified atom stereocenters. The van der Waals surface area contributed by atoms with Crippen molar-refractivity contribution in [3.8, 4) is 0 Å². The molecule has 136 valence electrons. The highest BCUT2D eigenvalue weighted by Gasteiger charge is 2.39. The normalized spacial score (nSPS) is 28.1. The number of amides is 2. The van der Waals surface area contributed by atoms with Crippen molar-refractivity contribution in [3.05, 3.63) is 29.8 Å². The summed E-state index contributed by atoms with van der Waals surface area (Å²) in [6, 6.07) is 8.58. The number of fused-ring (bicyclic) bond motifs is 3. The topological polar surface area (TPSA) is 74.6 Å². The van der Waals surface area contributed by atoms with Crippen LogP contribution in [-0.2, 0) is 4.79 Å². The highest BCUT2D eigenvalue weighted by molar-refractivity contribution is 5.99. The summed E-state index contributed by atoms with van der Waals surface area (Å²) >= 11 is 0. The number of rotatable bonds is 3. The van der Waals surface area contributed by atoms with Gasteiger partial charge < -0.3 is 15.1 Å². The maximum Gasteiger partial charge on any atom is 0.251 e. The number of benzene rings is 1. The first-order chi connectivity index (χ1) is 12.7. The Hall–Kier alpha value is -2.34. The summed E-state index contributed by atoms with van der Waals surface area (Å²) in [6.45, 7) is 0.698. The fraction of sp³-hybridized carbons (Fsp3) is 0.500. The fourth-order valence-electron chi connectivity index (χ4n) is 4.57. The second kappa shape index (κ2) is 6.13. The zero-order valence-corrected chi connectivity index (χ0v) is 14.7. The molecule has 2 bridgehead atoms. The van der Waals surface area contributed by atoms with Crippen LogP contribution in [0.15, 0.2) is 28.7 Å². The van der Waals surface area contributed by atoms with Crippen LogP contribution in [0.3, 0.4) is 0 Å². The molecule has 4 heterocycles. The number of nitrogens with one attached hydrogen (secondary N) is 2. The Bertz CT molecular complexity index is 874. The van der Waals surface area contributed by atoms with Crippen LogP contribution in [0.2, 0.25) is 0 Å². The van der Waals surface area contributed by atoms with Crippen LogP contribution in [0.1, 0.15) is 48.9 Å². The third-order valence-corrected chi connectivity index (χ3v) is 5.98. The van der Waals surface area contributed by atoms with Crippen LogP contribution in [0.5, 0.6) is 0 Å².